The lowest BCUT2D eigenvalue weighted by atomic mass is 10.1. The Bertz CT molecular complexity index is 732. The van der Waals surface area contributed by atoms with Crippen LogP contribution < -0.4 is 15.4 Å². The number of carbonyl (C=O) groups excluding carboxylic acids is 2. The molecule has 0 aromatic heterocycles. The van der Waals surface area contributed by atoms with Crippen molar-refractivity contribution in [2.75, 3.05) is 19.7 Å². The average Bonchev–Trinajstić information content (AvgIpc) is 2.65. The Labute approximate surface area is 152 Å². The molecule has 0 bridgehead atoms. The molecule has 2 aromatic carbocycles. The summed E-state index contributed by atoms with van der Waals surface area (Å²) in [6.45, 7) is 2.45. The standard InChI is InChI=1S/C20H23FN2O3/c1-2-5-15-8-10-16(11-9-15)26-14-19(24)22-12-13-23-20(25)17-6-3-4-7-18(17)21/h3-4,6-11H,2,5,12-14H2,1H3,(H,22,24)(H,23,25). The molecule has 26 heavy (non-hydrogen) atoms. The number of nitrogens with one attached hydrogen (secondary N) is 2. The number of amides is 2. The van der Waals surface area contributed by atoms with Gasteiger partial charge < -0.3 is 15.4 Å². The van der Waals surface area contributed by atoms with Crippen molar-refractivity contribution in [3.05, 3.63) is 65.5 Å². The van der Waals surface area contributed by atoms with Crippen molar-refractivity contribution in [2.24, 2.45) is 0 Å². The minimum Gasteiger partial charge on any atom is -0.484 e. The van der Waals surface area contributed by atoms with E-state index >= 15 is 0 Å². The zero-order chi connectivity index (χ0) is 18.8. The van der Waals surface area contributed by atoms with Crippen LogP contribution in [0.4, 0.5) is 4.39 Å². The van der Waals surface area contributed by atoms with E-state index in [0.717, 1.165) is 12.8 Å². The van der Waals surface area contributed by atoms with Crippen LogP contribution in [0.1, 0.15) is 29.3 Å². The molecule has 0 aliphatic carbocycles. The number of hydrogen-bond acceptors (Lipinski definition) is 3. The summed E-state index contributed by atoms with van der Waals surface area (Å²) in [5.41, 5.74) is 1.21. The van der Waals surface area contributed by atoms with Gasteiger partial charge in [-0.2, -0.15) is 0 Å². The zero-order valence-corrected chi connectivity index (χ0v) is 14.8. The second kappa shape index (κ2) is 10.2. The van der Waals surface area contributed by atoms with Gasteiger partial charge in [-0.05, 0) is 36.2 Å². The molecule has 5 nitrogen and oxygen atoms in total. The van der Waals surface area contributed by atoms with Crippen LogP contribution in [0.25, 0.3) is 0 Å². The normalized spacial score (nSPS) is 10.2. The molecule has 0 atom stereocenters. The minimum atomic E-state index is -0.576. The first-order valence-corrected chi connectivity index (χ1v) is 8.61. The van der Waals surface area contributed by atoms with E-state index in [-0.39, 0.29) is 31.2 Å². The van der Waals surface area contributed by atoms with Crippen LogP contribution in [0.5, 0.6) is 5.75 Å². The van der Waals surface area contributed by atoms with Gasteiger partial charge in [0.2, 0.25) is 0 Å². The lowest BCUT2D eigenvalue weighted by molar-refractivity contribution is -0.123. The fourth-order valence-corrected chi connectivity index (χ4v) is 2.36. The van der Waals surface area contributed by atoms with Gasteiger partial charge >= 0.3 is 0 Å². The lowest BCUT2D eigenvalue weighted by Gasteiger charge is -2.09. The molecule has 0 aliphatic rings. The number of rotatable bonds is 9. The molecule has 0 heterocycles. The van der Waals surface area contributed by atoms with E-state index in [0.29, 0.717) is 5.75 Å². The second-order valence-electron chi connectivity index (χ2n) is 5.77. The Balaban J connectivity index is 1.64. The summed E-state index contributed by atoms with van der Waals surface area (Å²) in [7, 11) is 0. The number of hydrogen-bond donors (Lipinski definition) is 2. The van der Waals surface area contributed by atoms with Crippen molar-refractivity contribution in [3.8, 4) is 5.75 Å². The first-order valence-electron chi connectivity index (χ1n) is 8.61. The molecule has 0 saturated carbocycles. The van der Waals surface area contributed by atoms with E-state index in [2.05, 4.69) is 17.6 Å². The molecule has 0 aliphatic heterocycles. The van der Waals surface area contributed by atoms with Gasteiger partial charge in [0.05, 0.1) is 5.56 Å². The third-order valence-electron chi connectivity index (χ3n) is 3.68. The Morgan fingerprint density at radius 2 is 1.69 bits per heavy atom. The Morgan fingerprint density at radius 1 is 1.00 bits per heavy atom. The van der Waals surface area contributed by atoms with E-state index < -0.39 is 11.7 Å². The Hall–Kier alpha value is -2.89. The highest BCUT2D eigenvalue weighted by molar-refractivity contribution is 5.94. The monoisotopic (exact) mass is 358 g/mol. The van der Waals surface area contributed by atoms with Gasteiger partial charge in [0.15, 0.2) is 6.61 Å². The number of halogens is 1. The maximum atomic E-state index is 13.5. The molecule has 0 spiro atoms. The van der Waals surface area contributed by atoms with Gasteiger partial charge in [0, 0.05) is 13.1 Å². The first-order chi connectivity index (χ1) is 12.6. The molecule has 0 radical (unpaired) electrons. The largest absolute Gasteiger partial charge is 0.484 e. The van der Waals surface area contributed by atoms with Gasteiger partial charge in [-0.1, -0.05) is 37.6 Å². The van der Waals surface area contributed by atoms with Crippen LogP contribution in [0.2, 0.25) is 0 Å². The van der Waals surface area contributed by atoms with Crippen molar-refractivity contribution in [1.82, 2.24) is 10.6 Å². The van der Waals surface area contributed by atoms with E-state index in [1.807, 2.05) is 24.3 Å². The van der Waals surface area contributed by atoms with Gasteiger partial charge in [-0.3, -0.25) is 9.59 Å². The molecule has 138 valence electrons. The smallest absolute Gasteiger partial charge is 0.258 e. The van der Waals surface area contributed by atoms with Crippen LogP contribution in [-0.2, 0) is 11.2 Å². The average molecular weight is 358 g/mol. The molecule has 0 fully saturated rings. The van der Waals surface area contributed by atoms with Crippen LogP contribution >= 0.6 is 0 Å². The summed E-state index contributed by atoms with van der Waals surface area (Å²) < 4.78 is 18.9. The third kappa shape index (κ3) is 6.20. The molecule has 2 amide bonds. The van der Waals surface area contributed by atoms with Crippen LogP contribution in [0.15, 0.2) is 48.5 Å². The quantitative estimate of drug-likeness (QED) is 0.677. The van der Waals surface area contributed by atoms with Gasteiger partial charge in [0.1, 0.15) is 11.6 Å². The van der Waals surface area contributed by atoms with Crippen LogP contribution in [-0.4, -0.2) is 31.5 Å². The van der Waals surface area contributed by atoms with Crippen molar-refractivity contribution < 1.29 is 18.7 Å². The summed E-state index contributed by atoms with van der Waals surface area (Å²) in [6, 6.07) is 13.4. The van der Waals surface area contributed by atoms with Crippen molar-refractivity contribution in [3.63, 3.8) is 0 Å². The summed E-state index contributed by atoms with van der Waals surface area (Å²) >= 11 is 0. The highest BCUT2D eigenvalue weighted by Gasteiger charge is 2.10. The molecular formula is C20H23FN2O3. The van der Waals surface area contributed by atoms with E-state index in [1.165, 1.54) is 23.8 Å². The highest BCUT2D eigenvalue weighted by Crippen LogP contribution is 2.13. The summed E-state index contributed by atoms with van der Waals surface area (Å²) in [6.07, 6.45) is 2.09. The SMILES string of the molecule is CCCc1ccc(OCC(=O)NCCNC(=O)c2ccccc2F)cc1. The molecule has 0 unspecified atom stereocenters. The number of aryl methyl sites for hydroxylation is 1. The molecule has 0 saturated heterocycles. The lowest BCUT2D eigenvalue weighted by Crippen LogP contribution is -2.37. The number of benzene rings is 2. The maximum absolute atomic E-state index is 13.5. The van der Waals surface area contributed by atoms with Crippen LogP contribution in [0, 0.1) is 5.82 Å². The Morgan fingerprint density at radius 3 is 2.38 bits per heavy atom. The predicted molar refractivity (Wildman–Crippen MR) is 97.7 cm³/mol. The van der Waals surface area contributed by atoms with E-state index in [9.17, 15) is 14.0 Å². The molecular weight excluding hydrogens is 335 g/mol. The van der Waals surface area contributed by atoms with Crippen molar-refractivity contribution in [1.29, 1.82) is 0 Å². The van der Waals surface area contributed by atoms with Gasteiger partial charge in [-0.15, -0.1) is 0 Å². The predicted octanol–water partition coefficient (Wildman–Crippen LogP) is 2.70. The minimum absolute atomic E-state index is 0.0197. The first kappa shape index (κ1) is 19.4. The number of ether oxygens (including phenoxy) is 1. The summed E-state index contributed by atoms with van der Waals surface area (Å²) in [4.78, 5) is 23.6. The molecule has 2 rings (SSSR count). The van der Waals surface area contributed by atoms with Crippen LogP contribution in [0.3, 0.4) is 0 Å². The van der Waals surface area contributed by atoms with Crippen molar-refractivity contribution in [2.45, 2.75) is 19.8 Å². The fourth-order valence-electron chi connectivity index (χ4n) is 2.36. The third-order valence-corrected chi connectivity index (χ3v) is 3.68. The Kier molecular flexibility index (Phi) is 7.61. The van der Waals surface area contributed by atoms with E-state index in [1.54, 1.807) is 6.07 Å². The topological polar surface area (TPSA) is 67.4 Å². The number of carbonyl (C=O) groups is 2. The maximum Gasteiger partial charge on any atom is 0.258 e. The zero-order valence-electron chi connectivity index (χ0n) is 14.8. The highest BCUT2D eigenvalue weighted by atomic mass is 19.1. The molecule has 2 N–H and O–H groups in total. The van der Waals surface area contributed by atoms with Crippen molar-refractivity contribution >= 4 is 11.8 Å². The molecule has 2 aromatic rings. The second-order valence-corrected chi connectivity index (χ2v) is 5.77. The van der Waals surface area contributed by atoms with Gasteiger partial charge in [-0.25, -0.2) is 4.39 Å². The molecule has 6 heteroatoms. The fraction of sp³-hybridized carbons (Fsp3) is 0.300. The van der Waals surface area contributed by atoms with Gasteiger partial charge in [0.25, 0.3) is 11.8 Å². The van der Waals surface area contributed by atoms with E-state index in [4.69, 9.17) is 4.74 Å². The summed E-state index contributed by atoms with van der Waals surface area (Å²) in [5, 5.41) is 5.19. The summed E-state index contributed by atoms with van der Waals surface area (Å²) in [5.74, 6) is -0.746.